The molecule has 6 nitrogen and oxygen atoms in total. The minimum atomic E-state index is -4.48. The SMILES string of the molecule is CC1CCN(c2cc3c(NC(C)c4cc(N)cc(C(F)(F)F)c4)nc(Cl)nc3cn2)CC1. The third kappa shape index (κ3) is 4.82. The Kier molecular flexibility index (Phi) is 6.03. The Morgan fingerprint density at radius 2 is 1.88 bits per heavy atom. The molecule has 4 rings (SSSR count). The van der Waals surface area contributed by atoms with Crippen LogP contribution in [0.3, 0.4) is 0 Å². The minimum absolute atomic E-state index is 0.0251. The van der Waals surface area contributed by atoms with Crippen molar-refractivity contribution >= 4 is 39.8 Å². The first-order chi connectivity index (χ1) is 15.1. The summed E-state index contributed by atoms with van der Waals surface area (Å²) in [6.45, 7) is 5.81. The van der Waals surface area contributed by atoms with Crippen LogP contribution in [0.2, 0.25) is 5.28 Å². The zero-order valence-corrected chi connectivity index (χ0v) is 18.5. The number of anilines is 3. The van der Waals surface area contributed by atoms with E-state index in [2.05, 4.69) is 32.1 Å². The summed E-state index contributed by atoms with van der Waals surface area (Å²) in [5.41, 5.74) is 5.91. The molecule has 1 unspecified atom stereocenters. The van der Waals surface area contributed by atoms with Crippen LogP contribution < -0.4 is 16.0 Å². The van der Waals surface area contributed by atoms with Gasteiger partial charge in [0.2, 0.25) is 5.28 Å². The number of hydrogen-bond donors (Lipinski definition) is 2. The number of nitrogens with zero attached hydrogens (tertiary/aromatic N) is 4. The summed E-state index contributed by atoms with van der Waals surface area (Å²) >= 11 is 6.10. The third-order valence-corrected chi connectivity index (χ3v) is 5.98. The second kappa shape index (κ2) is 8.61. The molecular formula is C22H24ClF3N6. The topological polar surface area (TPSA) is 80.0 Å². The molecule has 10 heteroatoms. The highest BCUT2D eigenvalue weighted by Crippen LogP contribution is 2.34. The zero-order chi connectivity index (χ0) is 23.0. The van der Waals surface area contributed by atoms with Crippen molar-refractivity contribution in [1.82, 2.24) is 15.0 Å². The van der Waals surface area contributed by atoms with Gasteiger partial charge in [-0.25, -0.2) is 15.0 Å². The lowest BCUT2D eigenvalue weighted by molar-refractivity contribution is -0.137. The van der Waals surface area contributed by atoms with E-state index >= 15 is 0 Å². The predicted octanol–water partition coefficient (Wildman–Crippen LogP) is 5.69. The molecule has 0 amide bonds. The lowest BCUT2D eigenvalue weighted by Gasteiger charge is -2.31. The number of halogens is 4. The van der Waals surface area contributed by atoms with Crippen LogP contribution in [0, 0.1) is 5.92 Å². The average molecular weight is 465 g/mol. The lowest BCUT2D eigenvalue weighted by atomic mass is 9.99. The highest BCUT2D eigenvalue weighted by Gasteiger charge is 2.31. The lowest BCUT2D eigenvalue weighted by Crippen LogP contribution is -2.33. The van der Waals surface area contributed by atoms with Crippen LogP contribution in [0.15, 0.2) is 30.5 Å². The number of nitrogens with one attached hydrogen (secondary N) is 1. The van der Waals surface area contributed by atoms with Gasteiger partial charge in [0, 0.05) is 24.2 Å². The summed E-state index contributed by atoms with van der Waals surface area (Å²) in [6, 6.07) is 4.91. The van der Waals surface area contributed by atoms with E-state index in [-0.39, 0.29) is 11.0 Å². The fraction of sp³-hybridized carbons (Fsp3) is 0.409. The molecule has 0 aliphatic carbocycles. The van der Waals surface area contributed by atoms with Gasteiger partial charge < -0.3 is 16.0 Å². The molecule has 1 atom stereocenters. The van der Waals surface area contributed by atoms with Gasteiger partial charge in [0.25, 0.3) is 0 Å². The van der Waals surface area contributed by atoms with E-state index in [0.29, 0.717) is 28.2 Å². The van der Waals surface area contributed by atoms with Crippen LogP contribution in [-0.4, -0.2) is 28.0 Å². The molecule has 0 radical (unpaired) electrons. The van der Waals surface area contributed by atoms with Crippen LogP contribution in [0.25, 0.3) is 10.9 Å². The van der Waals surface area contributed by atoms with E-state index < -0.39 is 17.8 Å². The molecule has 3 heterocycles. The van der Waals surface area contributed by atoms with E-state index in [0.717, 1.165) is 43.9 Å². The van der Waals surface area contributed by atoms with Gasteiger partial charge in [-0.15, -0.1) is 0 Å². The van der Waals surface area contributed by atoms with Crippen molar-refractivity contribution in [3.05, 3.63) is 46.9 Å². The van der Waals surface area contributed by atoms with Gasteiger partial charge in [0.15, 0.2) is 0 Å². The van der Waals surface area contributed by atoms with Crippen molar-refractivity contribution in [2.45, 2.75) is 38.9 Å². The maximum absolute atomic E-state index is 13.2. The smallest absolute Gasteiger partial charge is 0.399 e. The molecule has 32 heavy (non-hydrogen) atoms. The normalized spacial score (nSPS) is 16.4. The monoisotopic (exact) mass is 464 g/mol. The third-order valence-electron chi connectivity index (χ3n) is 5.81. The van der Waals surface area contributed by atoms with Gasteiger partial charge >= 0.3 is 6.18 Å². The first-order valence-electron chi connectivity index (χ1n) is 10.4. The fourth-order valence-electron chi connectivity index (χ4n) is 3.89. The number of hydrogen-bond acceptors (Lipinski definition) is 6. The van der Waals surface area contributed by atoms with E-state index in [1.807, 2.05) is 6.07 Å². The maximum Gasteiger partial charge on any atom is 0.416 e. The fourth-order valence-corrected chi connectivity index (χ4v) is 4.07. The van der Waals surface area contributed by atoms with Crippen molar-refractivity contribution in [3.63, 3.8) is 0 Å². The molecule has 0 spiro atoms. The standard InChI is InChI=1S/C22H24ClF3N6/c1-12-3-5-32(6-4-12)19-10-17-18(11-28-19)30-21(23)31-20(17)29-13(2)14-7-15(22(24,25)26)9-16(27)8-14/h7-13H,3-6,27H2,1-2H3,(H,29,30,31). The molecule has 2 aromatic heterocycles. The summed E-state index contributed by atoms with van der Waals surface area (Å²) in [5.74, 6) is 1.93. The maximum atomic E-state index is 13.2. The van der Waals surface area contributed by atoms with E-state index in [1.165, 1.54) is 6.07 Å². The molecule has 1 aromatic carbocycles. The molecule has 1 saturated heterocycles. The van der Waals surface area contributed by atoms with Crippen molar-refractivity contribution in [2.75, 3.05) is 29.0 Å². The number of benzene rings is 1. The minimum Gasteiger partial charge on any atom is -0.399 e. The summed E-state index contributed by atoms with van der Waals surface area (Å²) in [5, 5.41) is 3.90. The van der Waals surface area contributed by atoms with Gasteiger partial charge in [-0.1, -0.05) is 6.92 Å². The summed E-state index contributed by atoms with van der Waals surface area (Å²) in [7, 11) is 0. The van der Waals surface area contributed by atoms with Crippen molar-refractivity contribution in [3.8, 4) is 0 Å². The van der Waals surface area contributed by atoms with Crippen molar-refractivity contribution in [2.24, 2.45) is 5.92 Å². The second-order valence-corrected chi connectivity index (χ2v) is 8.66. The van der Waals surface area contributed by atoms with Crippen LogP contribution in [0.5, 0.6) is 0 Å². The average Bonchev–Trinajstić information content (AvgIpc) is 2.73. The number of piperidine rings is 1. The highest BCUT2D eigenvalue weighted by atomic mass is 35.5. The van der Waals surface area contributed by atoms with Gasteiger partial charge in [0.1, 0.15) is 11.6 Å². The molecule has 1 fully saturated rings. The van der Waals surface area contributed by atoms with Gasteiger partial charge in [-0.3, -0.25) is 0 Å². The number of nitrogen functional groups attached to an aromatic ring is 1. The Balaban J connectivity index is 1.68. The Morgan fingerprint density at radius 1 is 1.16 bits per heavy atom. The predicted molar refractivity (Wildman–Crippen MR) is 121 cm³/mol. The van der Waals surface area contributed by atoms with Crippen LogP contribution in [0.4, 0.5) is 30.5 Å². The quantitative estimate of drug-likeness (QED) is 0.381. The van der Waals surface area contributed by atoms with Crippen molar-refractivity contribution < 1.29 is 13.2 Å². The van der Waals surface area contributed by atoms with Crippen LogP contribution in [0.1, 0.15) is 43.9 Å². The number of rotatable bonds is 4. The van der Waals surface area contributed by atoms with E-state index in [1.54, 1.807) is 13.1 Å². The summed E-state index contributed by atoms with van der Waals surface area (Å²) in [6.07, 6.45) is -0.651. The van der Waals surface area contributed by atoms with Crippen LogP contribution >= 0.6 is 11.6 Å². The Morgan fingerprint density at radius 3 is 2.56 bits per heavy atom. The second-order valence-electron chi connectivity index (χ2n) is 8.32. The van der Waals surface area contributed by atoms with E-state index in [4.69, 9.17) is 17.3 Å². The summed E-state index contributed by atoms with van der Waals surface area (Å²) < 4.78 is 39.7. The zero-order valence-electron chi connectivity index (χ0n) is 17.7. The molecule has 1 aliphatic heterocycles. The number of alkyl halides is 3. The number of aromatic nitrogens is 3. The highest BCUT2D eigenvalue weighted by molar-refractivity contribution is 6.28. The largest absolute Gasteiger partial charge is 0.416 e. The Bertz CT molecular complexity index is 1130. The number of pyridine rings is 1. The van der Waals surface area contributed by atoms with E-state index in [9.17, 15) is 13.2 Å². The Hall–Kier alpha value is -2.81. The van der Waals surface area contributed by atoms with Gasteiger partial charge in [0.05, 0.1) is 23.3 Å². The van der Waals surface area contributed by atoms with Crippen molar-refractivity contribution in [1.29, 1.82) is 0 Å². The molecule has 3 N–H and O–H groups in total. The number of fused-ring (bicyclic) bond motifs is 1. The Labute approximate surface area is 189 Å². The molecular weight excluding hydrogens is 441 g/mol. The first-order valence-corrected chi connectivity index (χ1v) is 10.8. The first kappa shape index (κ1) is 22.4. The van der Waals surface area contributed by atoms with Crippen LogP contribution in [-0.2, 0) is 6.18 Å². The van der Waals surface area contributed by atoms with Gasteiger partial charge in [-0.2, -0.15) is 13.2 Å². The number of nitrogens with two attached hydrogens (primary N) is 1. The molecule has 1 aliphatic rings. The molecule has 170 valence electrons. The van der Waals surface area contributed by atoms with Gasteiger partial charge in [-0.05, 0) is 67.1 Å². The molecule has 0 saturated carbocycles. The molecule has 0 bridgehead atoms. The summed E-state index contributed by atoms with van der Waals surface area (Å²) in [4.78, 5) is 15.3. The molecule has 3 aromatic rings.